The standard InChI is InChI=1S/C18H17ClN2O3/c1-21(12-13-5-4-10-23-13)18(22)9-8-17-20-11-16(24-17)14-6-2-3-7-15(14)19/h2-7,10-11H,8-9,12H2,1H3. The van der Waals surface area contributed by atoms with Crippen molar-refractivity contribution in [2.24, 2.45) is 0 Å². The average Bonchev–Trinajstić information content (AvgIpc) is 3.24. The number of benzene rings is 1. The molecule has 0 aliphatic rings. The number of carbonyl (C=O) groups excluding carboxylic acids is 1. The number of hydrogen-bond donors (Lipinski definition) is 0. The van der Waals surface area contributed by atoms with Gasteiger partial charge in [0.2, 0.25) is 5.91 Å². The van der Waals surface area contributed by atoms with Crippen LogP contribution in [0.15, 0.2) is 57.7 Å². The lowest BCUT2D eigenvalue weighted by Crippen LogP contribution is -2.26. The molecule has 0 bridgehead atoms. The summed E-state index contributed by atoms with van der Waals surface area (Å²) in [6, 6.07) is 11.1. The number of rotatable bonds is 6. The normalized spacial score (nSPS) is 10.8. The van der Waals surface area contributed by atoms with Crippen LogP contribution in [0.2, 0.25) is 5.02 Å². The maximum Gasteiger partial charge on any atom is 0.223 e. The van der Waals surface area contributed by atoms with Gasteiger partial charge in [-0.15, -0.1) is 0 Å². The SMILES string of the molecule is CN(Cc1ccco1)C(=O)CCc1ncc(-c2ccccc2Cl)o1. The Labute approximate surface area is 144 Å². The van der Waals surface area contributed by atoms with Gasteiger partial charge in [-0.3, -0.25) is 4.79 Å². The van der Waals surface area contributed by atoms with Gasteiger partial charge in [0.05, 0.1) is 24.0 Å². The van der Waals surface area contributed by atoms with E-state index in [0.717, 1.165) is 11.3 Å². The summed E-state index contributed by atoms with van der Waals surface area (Å²) in [6.45, 7) is 0.447. The van der Waals surface area contributed by atoms with Crippen LogP contribution in [0.5, 0.6) is 0 Å². The molecule has 0 saturated heterocycles. The Morgan fingerprint density at radius 3 is 2.83 bits per heavy atom. The Balaban J connectivity index is 1.57. The van der Waals surface area contributed by atoms with E-state index in [-0.39, 0.29) is 5.91 Å². The van der Waals surface area contributed by atoms with Gasteiger partial charge in [0.1, 0.15) is 5.76 Å². The second-order valence-electron chi connectivity index (χ2n) is 5.43. The molecule has 3 aromatic rings. The molecule has 0 aliphatic carbocycles. The van der Waals surface area contributed by atoms with Crippen molar-refractivity contribution in [2.75, 3.05) is 7.05 Å². The van der Waals surface area contributed by atoms with Gasteiger partial charge in [0, 0.05) is 25.5 Å². The first-order valence-corrected chi connectivity index (χ1v) is 7.97. The van der Waals surface area contributed by atoms with Gasteiger partial charge in [-0.05, 0) is 24.3 Å². The van der Waals surface area contributed by atoms with Gasteiger partial charge in [0.15, 0.2) is 11.7 Å². The second kappa shape index (κ2) is 7.36. The van der Waals surface area contributed by atoms with Crippen molar-refractivity contribution < 1.29 is 13.6 Å². The van der Waals surface area contributed by atoms with Crippen molar-refractivity contribution in [1.29, 1.82) is 0 Å². The molecule has 124 valence electrons. The number of nitrogens with zero attached hydrogens (tertiary/aromatic N) is 2. The van der Waals surface area contributed by atoms with Crippen LogP contribution in [-0.4, -0.2) is 22.8 Å². The van der Waals surface area contributed by atoms with Gasteiger partial charge in [-0.1, -0.05) is 23.7 Å². The number of furan rings is 1. The van der Waals surface area contributed by atoms with Crippen LogP contribution >= 0.6 is 11.6 Å². The summed E-state index contributed by atoms with van der Waals surface area (Å²) in [5.74, 6) is 1.88. The lowest BCUT2D eigenvalue weighted by Gasteiger charge is -2.14. The van der Waals surface area contributed by atoms with E-state index < -0.39 is 0 Å². The van der Waals surface area contributed by atoms with Crippen LogP contribution < -0.4 is 0 Å². The number of aromatic nitrogens is 1. The quantitative estimate of drug-likeness (QED) is 0.673. The molecule has 0 aliphatic heterocycles. The highest BCUT2D eigenvalue weighted by atomic mass is 35.5. The molecule has 0 fully saturated rings. The molecule has 0 radical (unpaired) electrons. The Hall–Kier alpha value is -2.53. The molecule has 0 N–H and O–H groups in total. The van der Waals surface area contributed by atoms with E-state index in [4.69, 9.17) is 20.4 Å². The molecule has 24 heavy (non-hydrogen) atoms. The van der Waals surface area contributed by atoms with Crippen molar-refractivity contribution in [1.82, 2.24) is 9.88 Å². The zero-order chi connectivity index (χ0) is 16.9. The van der Waals surface area contributed by atoms with Crippen LogP contribution in [0, 0.1) is 0 Å². The van der Waals surface area contributed by atoms with E-state index >= 15 is 0 Å². The summed E-state index contributed by atoms with van der Waals surface area (Å²) in [7, 11) is 1.75. The molecule has 2 heterocycles. The van der Waals surface area contributed by atoms with E-state index in [1.54, 1.807) is 36.5 Å². The summed E-state index contributed by atoms with van der Waals surface area (Å²) in [4.78, 5) is 18.0. The number of halogens is 1. The fourth-order valence-corrected chi connectivity index (χ4v) is 2.57. The maximum atomic E-state index is 12.2. The highest BCUT2D eigenvalue weighted by Gasteiger charge is 2.14. The Morgan fingerprint density at radius 2 is 2.08 bits per heavy atom. The van der Waals surface area contributed by atoms with Crippen molar-refractivity contribution >= 4 is 17.5 Å². The van der Waals surface area contributed by atoms with Crippen LogP contribution in [0.1, 0.15) is 18.1 Å². The van der Waals surface area contributed by atoms with Crippen molar-refractivity contribution in [3.05, 3.63) is 65.5 Å². The highest BCUT2D eigenvalue weighted by molar-refractivity contribution is 6.33. The molecule has 0 spiro atoms. The van der Waals surface area contributed by atoms with Crippen molar-refractivity contribution in [3.63, 3.8) is 0 Å². The summed E-state index contributed by atoms with van der Waals surface area (Å²) in [5.41, 5.74) is 0.791. The topological polar surface area (TPSA) is 59.5 Å². The Morgan fingerprint density at radius 1 is 1.25 bits per heavy atom. The molecule has 6 heteroatoms. The fourth-order valence-electron chi connectivity index (χ4n) is 2.34. The smallest absolute Gasteiger partial charge is 0.223 e. The lowest BCUT2D eigenvalue weighted by atomic mass is 10.2. The molecule has 1 aromatic carbocycles. The monoisotopic (exact) mass is 344 g/mol. The summed E-state index contributed by atoms with van der Waals surface area (Å²) >= 11 is 6.15. The number of carbonyl (C=O) groups is 1. The van der Waals surface area contributed by atoms with Gasteiger partial charge < -0.3 is 13.7 Å². The number of oxazole rings is 1. The van der Waals surface area contributed by atoms with Gasteiger partial charge in [-0.2, -0.15) is 0 Å². The predicted molar refractivity (Wildman–Crippen MR) is 90.5 cm³/mol. The Bertz CT molecular complexity index is 811. The average molecular weight is 345 g/mol. The third-order valence-electron chi connectivity index (χ3n) is 3.64. The summed E-state index contributed by atoms with van der Waals surface area (Å²) < 4.78 is 10.9. The van der Waals surface area contributed by atoms with Crippen LogP contribution in [0.25, 0.3) is 11.3 Å². The molecule has 0 saturated carbocycles. The van der Waals surface area contributed by atoms with Crippen molar-refractivity contribution in [2.45, 2.75) is 19.4 Å². The fraction of sp³-hybridized carbons (Fsp3) is 0.222. The third-order valence-corrected chi connectivity index (χ3v) is 3.97. The first-order valence-electron chi connectivity index (χ1n) is 7.59. The molecular formula is C18H17ClN2O3. The van der Waals surface area contributed by atoms with Crippen LogP contribution in [0.3, 0.4) is 0 Å². The third kappa shape index (κ3) is 3.86. The minimum Gasteiger partial charge on any atom is -0.467 e. The van der Waals surface area contributed by atoms with Crippen LogP contribution in [-0.2, 0) is 17.8 Å². The maximum absolute atomic E-state index is 12.2. The highest BCUT2D eigenvalue weighted by Crippen LogP contribution is 2.28. The van der Waals surface area contributed by atoms with E-state index in [1.165, 1.54) is 0 Å². The summed E-state index contributed by atoms with van der Waals surface area (Å²) in [6.07, 6.45) is 3.98. The van der Waals surface area contributed by atoms with Crippen LogP contribution in [0.4, 0.5) is 0 Å². The summed E-state index contributed by atoms with van der Waals surface area (Å²) in [5, 5.41) is 0.606. The predicted octanol–water partition coefficient (Wildman–Crippen LogP) is 4.18. The van der Waals surface area contributed by atoms with Gasteiger partial charge in [0.25, 0.3) is 0 Å². The molecule has 5 nitrogen and oxygen atoms in total. The lowest BCUT2D eigenvalue weighted by molar-refractivity contribution is -0.130. The van der Waals surface area contributed by atoms with E-state index in [9.17, 15) is 4.79 Å². The zero-order valence-corrected chi connectivity index (χ0v) is 14.0. The zero-order valence-electron chi connectivity index (χ0n) is 13.2. The molecule has 2 aromatic heterocycles. The first-order chi connectivity index (χ1) is 11.6. The van der Waals surface area contributed by atoms with Gasteiger partial charge >= 0.3 is 0 Å². The van der Waals surface area contributed by atoms with E-state index in [2.05, 4.69) is 4.98 Å². The second-order valence-corrected chi connectivity index (χ2v) is 5.83. The molecule has 0 unspecified atom stereocenters. The van der Waals surface area contributed by atoms with E-state index in [0.29, 0.717) is 36.1 Å². The largest absolute Gasteiger partial charge is 0.467 e. The number of amides is 1. The number of hydrogen-bond acceptors (Lipinski definition) is 4. The van der Waals surface area contributed by atoms with E-state index in [1.807, 2.05) is 24.3 Å². The first kappa shape index (κ1) is 16.3. The number of aryl methyl sites for hydroxylation is 1. The molecule has 3 rings (SSSR count). The molecular weight excluding hydrogens is 328 g/mol. The van der Waals surface area contributed by atoms with Gasteiger partial charge in [-0.25, -0.2) is 4.98 Å². The van der Waals surface area contributed by atoms with Crippen molar-refractivity contribution in [3.8, 4) is 11.3 Å². The Kier molecular flexibility index (Phi) is 5.01. The molecule has 1 amide bonds. The minimum absolute atomic E-state index is 0.00361. The minimum atomic E-state index is 0.00361. The molecule has 0 atom stereocenters.